The Labute approximate surface area is 144 Å². The first-order valence-corrected chi connectivity index (χ1v) is 7.60. The molecule has 6 heteroatoms. The van der Waals surface area contributed by atoms with Crippen LogP contribution >= 0.6 is 0 Å². The summed E-state index contributed by atoms with van der Waals surface area (Å²) >= 11 is 0. The normalized spacial score (nSPS) is 11.3. The third kappa shape index (κ3) is 3.92. The van der Waals surface area contributed by atoms with Gasteiger partial charge in [0, 0.05) is 10.9 Å². The number of aliphatic carboxylic acids is 1. The predicted octanol–water partition coefficient (Wildman–Crippen LogP) is 3.25. The molecule has 0 bridgehead atoms. The largest absolute Gasteiger partial charge is 0.487 e. The number of rotatable bonds is 6. The number of carboxylic acid groups (broad SMARTS) is 1. The van der Waals surface area contributed by atoms with Crippen LogP contribution in [0.3, 0.4) is 0 Å². The highest BCUT2D eigenvalue weighted by Gasteiger charge is 2.13. The SMILES string of the molecule is CON=C(C(=O)O)c1ccc(OCc2ccc3ccccc3n2)cc1. The molecule has 0 radical (unpaired) electrons. The molecule has 0 saturated heterocycles. The van der Waals surface area contributed by atoms with Crippen LogP contribution < -0.4 is 4.74 Å². The molecule has 126 valence electrons. The molecule has 1 N–H and O–H groups in total. The number of carboxylic acids is 1. The van der Waals surface area contributed by atoms with Crippen molar-refractivity contribution in [1.82, 2.24) is 4.98 Å². The van der Waals surface area contributed by atoms with Crippen molar-refractivity contribution in [3.05, 3.63) is 71.9 Å². The lowest BCUT2D eigenvalue weighted by atomic mass is 10.1. The van der Waals surface area contributed by atoms with Crippen LogP contribution in [0.4, 0.5) is 0 Å². The highest BCUT2D eigenvalue weighted by molar-refractivity contribution is 6.42. The number of oxime groups is 1. The molecule has 1 heterocycles. The molecular weight excluding hydrogens is 320 g/mol. The Hall–Kier alpha value is -3.41. The maximum Gasteiger partial charge on any atom is 0.358 e. The van der Waals surface area contributed by atoms with Crippen molar-refractivity contribution in [2.24, 2.45) is 5.16 Å². The zero-order valence-corrected chi connectivity index (χ0v) is 13.5. The van der Waals surface area contributed by atoms with Gasteiger partial charge < -0.3 is 14.7 Å². The van der Waals surface area contributed by atoms with Gasteiger partial charge in [-0.25, -0.2) is 9.78 Å². The van der Waals surface area contributed by atoms with Crippen LogP contribution in [-0.2, 0) is 16.2 Å². The number of para-hydroxylation sites is 1. The first-order chi connectivity index (χ1) is 12.2. The Balaban J connectivity index is 1.70. The number of aromatic nitrogens is 1. The van der Waals surface area contributed by atoms with Gasteiger partial charge in [-0.05, 0) is 36.4 Å². The lowest BCUT2D eigenvalue weighted by molar-refractivity contribution is -0.129. The summed E-state index contributed by atoms with van der Waals surface area (Å²) in [6.45, 7) is 0.322. The summed E-state index contributed by atoms with van der Waals surface area (Å²) in [5.41, 5.74) is 2.01. The quantitative estimate of drug-likeness (QED) is 0.552. The van der Waals surface area contributed by atoms with Gasteiger partial charge >= 0.3 is 5.97 Å². The van der Waals surface area contributed by atoms with Crippen LogP contribution in [-0.4, -0.2) is 28.9 Å². The topological polar surface area (TPSA) is 81.0 Å². The second-order valence-corrected chi connectivity index (χ2v) is 5.24. The lowest BCUT2D eigenvalue weighted by Gasteiger charge is -2.08. The van der Waals surface area contributed by atoms with Gasteiger partial charge in [-0.3, -0.25) is 0 Å². The molecule has 1 aromatic heterocycles. The minimum absolute atomic E-state index is 0.162. The minimum atomic E-state index is -1.16. The van der Waals surface area contributed by atoms with Crippen molar-refractivity contribution < 1.29 is 19.5 Å². The molecule has 0 aliphatic rings. The summed E-state index contributed by atoms with van der Waals surface area (Å²) in [7, 11) is 1.30. The summed E-state index contributed by atoms with van der Waals surface area (Å²) in [6.07, 6.45) is 0. The van der Waals surface area contributed by atoms with Crippen molar-refractivity contribution in [1.29, 1.82) is 0 Å². The predicted molar refractivity (Wildman–Crippen MR) is 93.7 cm³/mol. The Morgan fingerprint density at radius 1 is 1.08 bits per heavy atom. The van der Waals surface area contributed by atoms with E-state index >= 15 is 0 Å². The molecule has 0 aliphatic heterocycles. The first-order valence-electron chi connectivity index (χ1n) is 7.60. The second kappa shape index (κ2) is 7.44. The molecule has 3 rings (SSSR count). The molecule has 0 amide bonds. The Morgan fingerprint density at radius 3 is 2.56 bits per heavy atom. The van der Waals surface area contributed by atoms with E-state index in [0.29, 0.717) is 17.9 Å². The van der Waals surface area contributed by atoms with Crippen LogP contribution in [0.2, 0.25) is 0 Å². The van der Waals surface area contributed by atoms with Gasteiger partial charge in [0.25, 0.3) is 0 Å². The molecule has 2 aromatic carbocycles. The van der Waals surface area contributed by atoms with E-state index < -0.39 is 5.97 Å². The first kappa shape index (κ1) is 16.4. The summed E-state index contributed by atoms with van der Waals surface area (Å²) in [5.74, 6) is -0.545. The number of hydrogen-bond acceptors (Lipinski definition) is 5. The van der Waals surface area contributed by atoms with Crippen molar-refractivity contribution in [2.75, 3.05) is 7.11 Å². The number of carbonyl (C=O) groups is 1. The number of pyridine rings is 1. The van der Waals surface area contributed by atoms with E-state index in [9.17, 15) is 4.79 Å². The molecule has 0 aliphatic carbocycles. The van der Waals surface area contributed by atoms with E-state index in [1.807, 2.05) is 36.4 Å². The molecule has 0 saturated carbocycles. The third-order valence-corrected chi connectivity index (χ3v) is 3.56. The molecule has 3 aromatic rings. The number of hydrogen-bond donors (Lipinski definition) is 1. The Morgan fingerprint density at radius 2 is 1.84 bits per heavy atom. The molecule has 0 fully saturated rings. The van der Waals surface area contributed by atoms with Crippen LogP contribution in [0, 0.1) is 0 Å². The average molecular weight is 336 g/mol. The summed E-state index contributed by atoms with van der Waals surface area (Å²) in [5, 5.41) is 13.7. The molecule has 0 atom stereocenters. The number of ether oxygens (including phenoxy) is 1. The molecule has 0 unspecified atom stereocenters. The van der Waals surface area contributed by atoms with Crippen molar-refractivity contribution in [3.8, 4) is 5.75 Å². The maximum atomic E-state index is 11.1. The molecule has 25 heavy (non-hydrogen) atoms. The fourth-order valence-corrected chi connectivity index (χ4v) is 2.36. The minimum Gasteiger partial charge on any atom is -0.487 e. The van der Waals surface area contributed by atoms with Gasteiger partial charge in [-0.1, -0.05) is 29.4 Å². The molecule has 6 nitrogen and oxygen atoms in total. The van der Waals surface area contributed by atoms with E-state index in [0.717, 1.165) is 16.6 Å². The summed E-state index contributed by atoms with van der Waals surface area (Å²) in [6, 6.07) is 18.4. The summed E-state index contributed by atoms with van der Waals surface area (Å²) in [4.78, 5) is 20.2. The lowest BCUT2D eigenvalue weighted by Crippen LogP contribution is -2.14. The van der Waals surface area contributed by atoms with Gasteiger partial charge in [0.2, 0.25) is 0 Å². The Kier molecular flexibility index (Phi) is 4.89. The van der Waals surface area contributed by atoms with Gasteiger partial charge in [0.05, 0.1) is 11.2 Å². The van der Waals surface area contributed by atoms with Crippen molar-refractivity contribution in [3.63, 3.8) is 0 Å². The summed E-state index contributed by atoms with van der Waals surface area (Å²) < 4.78 is 5.72. The van der Waals surface area contributed by atoms with E-state index in [1.54, 1.807) is 24.3 Å². The van der Waals surface area contributed by atoms with Gasteiger partial charge in [0.1, 0.15) is 19.5 Å². The third-order valence-electron chi connectivity index (χ3n) is 3.56. The molecular formula is C19H16N2O4. The zero-order valence-electron chi connectivity index (χ0n) is 13.5. The molecule has 0 spiro atoms. The number of fused-ring (bicyclic) bond motifs is 1. The fraction of sp³-hybridized carbons (Fsp3) is 0.105. The van der Waals surface area contributed by atoms with E-state index in [-0.39, 0.29) is 5.71 Å². The Bertz CT molecular complexity index is 920. The average Bonchev–Trinajstić information content (AvgIpc) is 2.64. The standard InChI is InChI=1S/C19H16N2O4/c1-24-21-18(19(22)23)14-7-10-16(11-8-14)25-12-15-9-6-13-4-2-3-5-17(13)20-15/h2-11H,12H2,1H3,(H,22,23). The van der Waals surface area contributed by atoms with Crippen LogP contribution in [0.1, 0.15) is 11.3 Å². The van der Waals surface area contributed by atoms with E-state index in [4.69, 9.17) is 9.84 Å². The number of nitrogens with zero attached hydrogens (tertiary/aromatic N) is 2. The van der Waals surface area contributed by atoms with Crippen LogP contribution in [0.15, 0.2) is 65.8 Å². The maximum absolute atomic E-state index is 11.1. The highest BCUT2D eigenvalue weighted by Crippen LogP contribution is 2.16. The van der Waals surface area contributed by atoms with E-state index in [1.165, 1.54) is 7.11 Å². The van der Waals surface area contributed by atoms with Crippen LogP contribution in [0.25, 0.3) is 10.9 Å². The van der Waals surface area contributed by atoms with E-state index in [2.05, 4.69) is 15.0 Å². The smallest absolute Gasteiger partial charge is 0.358 e. The zero-order chi connectivity index (χ0) is 17.6. The van der Waals surface area contributed by atoms with Gasteiger partial charge in [-0.2, -0.15) is 0 Å². The van der Waals surface area contributed by atoms with Crippen molar-refractivity contribution in [2.45, 2.75) is 6.61 Å². The van der Waals surface area contributed by atoms with Crippen LogP contribution in [0.5, 0.6) is 5.75 Å². The second-order valence-electron chi connectivity index (χ2n) is 5.24. The van der Waals surface area contributed by atoms with Gasteiger partial charge in [-0.15, -0.1) is 0 Å². The number of benzene rings is 2. The highest BCUT2D eigenvalue weighted by atomic mass is 16.6. The monoisotopic (exact) mass is 336 g/mol. The fourth-order valence-electron chi connectivity index (χ4n) is 2.36. The van der Waals surface area contributed by atoms with Crippen molar-refractivity contribution >= 4 is 22.6 Å². The van der Waals surface area contributed by atoms with Gasteiger partial charge in [0.15, 0.2) is 5.71 Å².